The van der Waals surface area contributed by atoms with E-state index in [9.17, 15) is 0 Å². The van der Waals surface area contributed by atoms with Gasteiger partial charge in [-0.05, 0) is 6.66 Å². The fourth-order valence-electron chi connectivity index (χ4n) is 0. The molecule has 0 spiro atoms. The maximum Gasteiger partial charge on any atom is 0.0585 e. The minimum atomic E-state index is -0.756. The van der Waals surface area contributed by atoms with Crippen molar-refractivity contribution in [3.05, 3.63) is 0 Å². The smallest absolute Gasteiger partial charge is 0.0585 e. The summed E-state index contributed by atoms with van der Waals surface area (Å²) in [6, 6.07) is 0. The molecule has 0 saturated heterocycles. The van der Waals surface area contributed by atoms with Crippen LogP contribution in [0.2, 0.25) is 0 Å². The van der Waals surface area contributed by atoms with E-state index in [1.54, 1.807) is 6.66 Å². The highest BCUT2D eigenvalue weighted by molar-refractivity contribution is 14.1. The Morgan fingerprint density at radius 2 is 3.25 bits per heavy atom. The topological polar surface area (TPSA) is 0 Å². The van der Waals surface area contributed by atoms with Crippen molar-refractivity contribution in [2.24, 2.45) is 0 Å². The SMILES string of the molecule is [2H]C(I)P([3H])C. The second kappa shape index (κ2) is 4.16. The molecule has 2 atom stereocenters. The molecule has 0 aliphatic rings. The summed E-state index contributed by atoms with van der Waals surface area (Å²) >= 11 is 1.94. The van der Waals surface area contributed by atoms with Gasteiger partial charge in [0.05, 0.1) is 1.28 Å². The molecule has 0 radical (unpaired) electrons. The minimum absolute atomic E-state index is 0.197. The predicted octanol–water partition coefficient (Wildman–Crippen LogP) is 1.69. The van der Waals surface area contributed by atoms with Gasteiger partial charge in [0.15, 0.2) is 0 Å². The molecule has 0 aromatic rings. The van der Waals surface area contributed by atoms with Crippen molar-refractivity contribution in [3.63, 3.8) is 0 Å². The van der Waals surface area contributed by atoms with Gasteiger partial charge in [-0.3, -0.25) is 0 Å². The number of halogens is 1. The van der Waals surface area contributed by atoms with E-state index in [1.807, 2.05) is 22.6 Å². The lowest BCUT2D eigenvalue weighted by molar-refractivity contribution is 2.28. The third-order valence-corrected chi connectivity index (χ3v) is 1.96. The van der Waals surface area contributed by atoms with E-state index < -0.39 is 8.53 Å². The van der Waals surface area contributed by atoms with Crippen LogP contribution in [0.1, 0.15) is 1.37 Å². The van der Waals surface area contributed by atoms with Crippen LogP contribution in [0.25, 0.3) is 0 Å². The van der Waals surface area contributed by atoms with Gasteiger partial charge in [0.1, 0.15) is 0 Å². The van der Waals surface area contributed by atoms with Gasteiger partial charge in [-0.25, -0.2) is 0 Å². The van der Waals surface area contributed by atoms with Crippen LogP contribution in [0.3, 0.4) is 0 Å². The Kier molecular flexibility index (Phi) is 2.45. The van der Waals surface area contributed by atoms with E-state index in [0.29, 0.717) is 0 Å². The Morgan fingerprint density at radius 1 is 3.00 bits per heavy atom. The van der Waals surface area contributed by atoms with Crippen LogP contribution in [0, 0.1) is 0 Å². The Morgan fingerprint density at radius 3 is 3.25 bits per heavy atom. The highest BCUT2D eigenvalue weighted by Crippen LogP contribution is 2.04. The molecule has 0 nitrogen and oxygen atoms in total. The summed E-state index contributed by atoms with van der Waals surface area (Å²) in [4.78, 5) is 0. The fourth-order valence-corrected chi connectivity index (χ4v) is 0. The summed E-state index contributed by atoms with van der Waals surface area (Å²) in [6.45, 7) is 1.78. The molecule has 26 valence electrons. The van der Waals surface area contributed by atoms with Crippen molar-refractivity contribution >= 4 is 31.1 Å². The molecule has 0 saturated carbocycles. The van der Waals surface area contributed by atoms with Crippen molar-refractivity contribution in [2.45, 2.75) is 0 Å². The van der Waals surface area contributed by atoms with Gasteiger partial charge >= 0.3 is 0 Å². The van der Waals surface area contributed by atoms with Crippen LogP contribution in [-0.4, -0.2) is 12.1 Å². The average Bonchev–Trinajstić information content (AvgIpc) is 1.36. The van der Waals surface area contributed by atoms with Gasteiger partial charge in [0, 0.05) is 5.52 Å². The second-order valence-corrected chi connectivity index (χ2v) is 2.74. The first-order valence-corrected chi connectivity index (χ1v) is 3.58. The zero-order valence-corrected chi connectivity index (χ0v) is 5.45. The first-order chi connectivity index (χ1) is 2.64. The average molecular weight is 191 g/mol. The van der Waals surface area contributed by atoms with Crippen LogP contribution >= 0.6 is 31.1 Å². The molecule has 4 heavy (non-hydrogen) atoms. The summed E-state index contributed by atoms with van der Waals surface area (Å²) in [5, 5.41) is 0. The number of hydrogen-bond donors (Lipinski definition) is 0. The molecule has 0 rings (SSSR count). The highest BCUT2D eigenvalue weighted by Gasteiger charge is 1.57. The summed E-state index contributed by atoms with van der Waals surface area (Å²) in [6.07, 6.45) is 0. The molecule has 0 fully saturated rings. The number of hydrogen-bond acceptors (Lipinski definition) is 0. The lowest BCUT2D eigenvalue weighted by Gasteiger charge is -1.67. The third-order valence-electron chi connectivity index (χ3n) is 0.0976. The molecule has 0 heterocycles. The largest absolute Gasteiger partial charge is 0.115 e. The van der Waals surface area contributed by atoms with Crippen LogP contribution in [-0.2, 0) is 0 Å². The quantitative estimate of drug-likeness (QED) is 0.336. The third kappa shape index (κ3) is 3.16. The van der Waals surface area contributed by atoms with Gasteiger partial charge in [-0.15, -0.1) is 8.53 Å². The lowest BCUT2D eigenvalue weighted by atomic mass is 11.9. The van der Waals surface area contributed by atoms with Crippen LogP contribution in [0.15, 0.2) is 0 Å². The molecule has 0 N–H and O–H groups in total. The number of rotatable bonds is 1. The van der Waals surface area contributed by atoms with Gasteiger partial charge in [0.25, 0.3) is 0 Å². The normalized spacial score (nSPS) is 30.5. The Bertz CT molecular complexity index is 32.5. The van der Waals surface area contributed by atoms with E-state index in [0.717, 1.165) is 0 Å². The Labute approximate surface area is 45.0 Å². The first kappa shape index (κ1) is 2.35. The van der Waals surface area contributed by atoms with E-state index in [1.165, 1.54) is 0 Å². The van der Waals surface area contributed by atoms with Crippen molar-refractivity contribution in [2.75, 3.05) is 10.8 Å². The predicted molar refractivity (Wildman–Crippen MR) is 33.1 cm³/mol. The molecule has 0 aromatic heterocycles. The monoisotopic (exact) mass is 191 g/mol. The zero-order valence-electron chi connectivity index (χ0n) is 4.40. The van der Waals surface area contributed by atoms with Crippen molar-refractivity contribution in [3.8, 4) is 0 Å². The van der Waals surface area contributed by atoms with Gasteiger partial charge in [-0.2, -0.15) is 0 Å². The molecule has 0 bridgehead atoms. The molecule has 0 aliphatic heterocycles. The summed E-state index contributed by atoms with van der Waals surface area (Å²) < 4.78 is 13.6. The molecule has 0 aliphatic carbocycles. The fraction of sp³-hybridized carbons (Fsp3) is 1.00. The van der Waals surface area contributed by atoms with E-state index in [4.69, 9.17) is 2.65 Å². The van der Waals surface area contributed by atoms with Gasteiger partial charge in [0.2, 0.25) is 0 Å². The van der Waals surface area contributed by atoms with E-state index in [-0.39, 0.29) is 4.14 Å². The zero-order chi connectivity index (χ0) is 5.15. The first-order valence-electron chi connectivity index (χ1n) is 1.95. The minimum Gasteiger partial charge on any atom is -0.115 e. The molecular weight excluding hydrogens is 182 g/mol. The second-order valence-electron chi connectivity index (χ2n) is 0.356. The standard InChI is InChI=1S/C2H6IP/c1-4-2-3/h4H,2H2,1H3/i2D,4T. The number of alkyl halides is 1. The molecule has 0 amide bonds. The molecule has 2 unspecified atom stereocenters. The Balaban J connectivity index is 2.99. The molecule has 2 heteroatoms. The van der Waals surface area contributed by atoms with Gasteiger partial charge in [-0.1, -0.05) is 22.6 Å². The van der Waals surface area contributed by atoms with Crippen molar-refractivity contribution < 1.29 is 1.37 Å². The van der Waals surface area contributed by atoms with Crippen LogP contribution in [0.4, 0.5) is 0 Å². The maximum absolute atomic E-state index is 6.90. The van der Waals surface area contributed by atoms with Crippen molar-refractivity contribution in [1.82, 2.24) is 0 Å². The van der Waals surface area contributed by atoms with Gasteiger partial charge < -0.3 is 0 Å². The van der Waals surface area contributed by atoms with E-state index in [2.05, 4.69) is 0 Å². The van der Waals surface area contributed by atoms with Crippen LogP contribution in [0.5, 0.6) is 0 Å². The maximum atomic E-state index is 6.90. The highest BCUT2D eigenvalue weighted by atomic mass is 127. The van der Waals surface area contributed by atoms with Crippen molar-refractivity contribution in [1.29, 1.82) is 1.28 Å². The lowest BCUT2D eigenvalue weighted by Crippen LogP contribution is -1.37. The molecule has 0 aromatic carbocycles. The molecular formula is C2H6IP. The Hall–Kier alpha value is 1.16. The van der Waals surface area contributed by atoms with Crippen LogP contribution < -0.4 is 0 Å². The summed E-state index contributed by atoms with van der Waals surface area (Å²) in [7, 11) is -0.756. The van der Waals surface area contributed by atoms with E-state index >= 15 is 0 Å². The summed E-state index contributed by atoms with van der Waals surface area (Å²) in [5.41, 5.74) is 0. The summed E-state index contributed by atoms with van der Waals surface area (Å²) in [5.74, 6) is 0.